The van der Waals surface area contributed by atoms with Crippen molar-refractivity contribution >= 4 is 34.0 Å². The second-order valence-electron chi connectivity index (χ2n) is 9.53. The van der Waals surface area contributed by atoms with Crippen LogP contribution in [0.15, 0.2) is 18.2 Å². The van der Waals surface area contributed by atoms with E-state index in [0.717, 1.165) is 43.5 Å². The van der Waals surface area contributed by atoms with Crippen molar-refractivity contribution in [2.45, 2.75) is 77.1 Å². The third-order valence-electron chi connectivity index (χ3n) is 6.28. The zero-order valence-electron chi connectivity index (χ0n) is 20.4. The molecule has 0 saturated heterocycles. The lowest BCUT2D eigenvalue weighted by molar-refractivity contribution is -0.144. The highest BCUT2D eigenvalue weighted by molar-refractivity contribution is 7.09. The molecule has 1 aliphatic rings. The molecule has 0 aliphatic heterocycles. The number of hydrogen-bond acceptors (Lipinski definition) is 7. The van der Waals surface area contributed by atoms with Crippen LogP contribution < -0.4 is 10.2 Å². The van der Waals surface area contributed by atoms with Crippen LogP contribution in [-0.2, 0) is 15.7 Å². The molecule has 11 heteroatoms. The number of hydrogen-bond donors (Lipinski definition) is 2. The number of halogens is 3. The third-order valence-corrected chi connectivity index (χ3v) is 6.91. The SMILES string of the molecule is COC1CCC(N(CC(C)C)c2ccc(C(C)CC(=O)O)cc2Nc2nc(C(F)(F)F)ns2)CC1. The summed E-state index contributed by atoms with van der Waals surface area (Å²) >= 11 is 0.648. The summed E-state index contributed by atoms with van der Waals surface area (Å²) in [6, 6.07) is 5.92. The van der Waals surface area contributed by atoms with E-state index >= 15 is 0 Å². The second kappa shape index (κ2) is 11.6. The first-order valence-corrected chi connectivity index (χ1v) is 12.6. The Hall–Kier alpha value is -2.40. The van der Waals surface area contributed by atoms with Gasteiger partial charge < -0.3 is 20.1 Å². The number of nitrogens with zero attached hydrogens (tertiary/aromatic N) is 3. The number of carboxylic acids is 1. The Morgan fingerprint density at radius 3 is 2.49 bits per heavy atom. The van der Waals surface area contributed by atoms with Gasteiger partial charge in [0.1, 0.15) is 0 Å². The van der Waals surface area contributed by atoms with Gasteiger partial charge in [0.05, 0.1) is 23.9 Å². The summed E-state index contributed by atoms with van der Waals surface area (Å²) in [5, 5.41) is 12.3. The number of aromatic nitrogens is 2. The largest absolute Gasteiger partial charge is 0.481 e. The quantitative estimate of drug-likeness (QED) is 0.385. The van der Waals surface area contributed by atoms with Gasteiger partial charge in [-0.15, -0.1) is 0 Å². The Balaban J connectivity index is 1.99. The van der Waals surface area contributed by atoms with Gasteiger partial charge in [-0.2, -0.15) is 22.5 Å². The highest BCUT2D eigenvalue weighted by Crippen LogP contribution is 2.38. The molecule has 0 amide bonds. The van der Waals surface area contributed by atoms with E-state index in [1.165, 1.54) is 0 Å². The molecular formula is C24H33F3N4O3S. The van der Waals surface area contributed by atoms with Crippen molar-refractivity contribution < 1.29 is 27.8 Å². The number of carbonyl (C=O) groups is 1. The van der Waals surface area contributed by atoms with Crippen LogP contribution in [0.5, 0.6) is 0 Å². The van der Waals surface area contributed by atoms with Crippen LogP contribution >= 0.6 is 11.5 Å². The maximum Gasteiger partial charge on any atom is 0.452 e. The summed E-state index contributed by atoms with van der Waals surface area (Å²) in [6.45, 7) is 6.84. The van der Waals surface area contributed by atoms with Gasteiger partial charge in [0.15, 0.2) is 0 Å². The number of methoxy groups -OCH3 is 1. The summed E-state index contributed by atoms with van der Waals surface area (Å²) in [5.41, 5.74) is 2.24. The van der Waals surface area contributed by atoms with E-state index in [2.05, 4.69) is 33.4 Å². The Bertz CT molecular complexity index is 991. The zero-order valence-corrected chi connectivity index (χ0v) is 21.2. The summed E-state index contributed by atoms with van der Waals surface area (Å²) in [5.74, 6) is -2.00. The maximum absolute atomic E-state index is 13.1. The van der Waals surface area contributed by atoms with E-state index < -0.39 is 18.0 Å². The monoisotopic (exact) mass is 514 g/mol. The molecule has 7 nitrogen and oxygen atoms in total. The molecule has 1 fully saturated rings. The molecule has 1 atom stereocenters. The molecule has 3 rings (SSSR count). The first kappa shape index (κ1) is 27.2. The van der Waals surface area contributed by atoms with E-state index in [1.807, 2.05) is 25.1 Å². The number of nitrogens with one attached hydrogen (secondary N) is 1. The highest BCUT2D eigenvalue weighted by atomic mass is 32.1. The molecule has 1 unspecified atom stereocenters. The van der Waals surface area contributed by atoms with Gasteiger partial charge in [-0.25, -0.2) is 0 Å². The van der Waals surface area contributed by atoms with E-state index in [4.69, 9.17) is 4.74 Å². The van der Waals surface area contributed by atoms with E-state index in [-0.39, 0.29) is 29.6 Å². The third kappa shape index (κ3) is 7.30. The highest BCUT2D eigenvalue weighted by Gasteiger charge is 2.36. The smallest absolute Gasteiger partial charge is 0.452 e. The summed E-state index contributed by atoms with van der Waals surface area (Å²) in [7, 11) is 1.73. The molecule has 0 radical (unpaired) electrons. The Morgan fingerprint density at radius 1 is 1.26 bits per heavy atom. The van der Waals surface area contributed by atoms with Gasteiger partial charge in [0.25, 0.3) is 0 Å². The Morgan fingerprint density at radius 2 is 1.94 bits per heavy atom. The predicted octanol–water partition coefficient (Wildman–Crippen LogP) is 6.30. The van der Waals surface area contributed by atoms with Gasteiger partial charge in [0, 0.05) is 31.2 Å². The zero-order chi connectivity index (χ0) is 25.8. The number of aliphatic carboxylic acids is 1. The number of anilines is 3. The van der Waals surface area contributed by atoms with Crippen molar-refractivity contribution in [3.05, 3.63) is 29.6 Å². The summed E-state index contributed by atoms with van der Waals surface area (Å²) in [6.07, 6.45) is -0.661. The van der Waals surface area contributed by atoms with Crippen LogP contribution in [0, 0.1) is 5.92 Å². The average Bonchev–Trinajstić information content (AvgIpc) is 3.26. The molecule has 1 aromatic heterocycles. The van der Waals surface area contributed by atoms with E-state index in [0.29, 0.717) is 23.1 Å². The molecule has 1 saturated carbocycles. The number of alkyl halides is 3. The predicted molar refractivity (Wildman–Crippen MR) is 131 cm³/mol. The van der Waals surface area contributed by atoms with Crippen molar-refractivity contribution in [1.82, 2.24) is 9.36 Å². The van der Waals surface area contributed by atoms with Crippen LogP contribution in [0.3, 0.4) is 0 Å². The fourth-order valence-corrected chi connectivity index (χ4v) is 5.13. The summed E-state index contributed by atoms with van der Waals surface area (Å²) in [4.78, 5) is 17.2. The fraction of sp³-hybridized carbons (Fsp3) is 0.625. The molecule has 1 aromatic carbocycles. The van der Waals surface area contributed by atoms with Crippen LogP contribution in [0.4, 0.5) is 29.7 Å². The van der Waals surface area contributed by atoms with Crippen molar-refractivity contribution in [3.63, 3.8) is 0 Å². The molecule has 1 heterocycles. The van der Waals surface area contributed by atoms with Gasteiger partial charge in [-0.3, -0.25) is 4.79 Å². The summed E-state index contributed by atoms with van der Waals surface area (Å²) < 4.78 is 48.2. The van der Waals surface area contributed by atoms with Gasteiger partial charge >= 0.3 is 12.1 Å². The number of rotatable bonds is 10. The minimum Gasteiger partial charge on any atom is -0.481 e. The minimum absolute atomic E-state index is 0.0363. The molecule has 194 valence electrons. The van der Waals surface area contributed by atoms with Gasteiger partial charge in [-0.1, -0.05) is 26.8 Å². The van der Waals surface area contributed by atoms with Crippen molar-refractivity contribution in [1.29, 1.82) is 0 Å². The lowest BCUT2D eigenvalue weighted by Gasteiger charge is -2.40. The fourth-order valence-electron chi connectivity index (χ4n) is 4.53. The molecule has 0 bridgehead atoms. The van der Waals surface area contributed by atoms with Crippen LogP contribution in [0.1, 0.15) is 70.2 Å². The first-order chi connectivity index (χ1) is 16.5. The average molecular weight is 515 g/mol. The van der Waals surface area contributed by atoms with Gasteiger partial charge in [-0.05, 0) is 55.2 Å². The molecular weight excluding hydrogens is 481 g/mol. The number of benzene rings is 1. The molecule has 0 spiro atoms. The van der Waals surface area contributed by atoms with Crippen molar-refractivity contribution in [2.75, 3.05) is 23.9 Å². The Kier molecular flexibility index (Phi) is 8.98. The van der Waals surface area contributed by atoms with E-state index in [1.54, 1.807) is 7.11 Å². The van der Waals surface area contributed by atoms with Crippen LogP contribution in [-0.4, -0.2) is 46.2 Å². The maximum atomic E-state index is 13.1. The lowest BCUT2D eigenvalue weighted by atomic mass is 9.90. The van der Waals surface area contributed by atoms with E-state index in [9.17, 15) is 23.1 Å². The Labute approximate surface area is 207 Å². The molecule has 2 aromatic rings. The standard InChI is InChI=1S/C24H33F3N4O3S/c1-14(2)13-31(17-6-8-18(34-4)9-7-17)20-10-5-16(15(3)11-21(32)33)12-19(20)28-23-29-22(30-35-23)24(25,26)27/h5,10,12,14-15,17-18H,6-9,11,13H2,1-4H3,(H,32,33)(H,28,29,30). The molecule has 1 aliphatic carbocycles. The van der Waals surface area contributed by atoms with Crippen LogP contribution in [0.25, 0.3) is 0 Å². The first-order valence-electron chi connectivity index (χ1n) is 11.8. The normalized spacial score (nSPS) is 19.5. The van der Waals surface area contributed by atoms with Crippen molar-refractivity contribution in [3.8, 4) is 0 Å². The number of carboxylic acid groups (broad SMARTS) is 1. The topological polar surface area (TPSA) is 87.6 Å². The molecule has 35 heavy (non-hydrogen) atoms. The second-order valence-corrected chi connectivity index (χ2v) is 10.3. The minimum atomic E-state index is -4.62. The molecule has 2 N–H and O–H groups in total. The lowest BCUT2D eigenvalue weighted by Crippen LogP contribution is -2.41. The number of ether oxygens (including phenoxy) is 1. The van der Waals surface area contributed by atoms with Gasteiger partial charge in [0.2, 0.25) is 11.0 Å². The van der Waals surface area contributed by atoms with Crippen molar-refractivity contribution in [2.24, 2.45) is 5.92 Å². The van der Waals surface area contributed by atoms with Crippen LogP contribution in [0.2, 0.25) is 0 Å².